The molecule has 1 aliphatic heterocycles. The van der Waals surface area contributed by atoms with E-state index in [-0.39, 0.29) is 18.0 Å². The van der Waals surface area contributed by atoms with E-state index in [0.717, 1.165) is 28.3 Å². The molecule has 3 aromatic heterocycles. The second-order valence-electron chi connectivity index (χ2n) is 8.87. The van der Waals surface area contributed by atoms with Crippen LogP contribution in [-0.4, -0.2) is 37.0 Å². The van der Waals surface area contributed by atoms with Crippen LogP contribution < -0.4 is 10.6 Å². The highest BCUT2D eigenvalue weighted by atomic mass is 32.1. The maximum Gasteiger partial charge on any atom is 0.226 e. The summed E-state index contributed by atoms with van der Waals surface area (Å²) in [5, 5.41) is 7.08. The highest BCUT2D eigenvalue weighted by Gasteiger charge is 2.41. The van der Waals surface area contributed by atoms with Crippen molar-refractivity contribution in [2.24, 2.45) is 0 Å². The van der Waals surface area contributed by atoms with Crippen molar-refractivity contribution in [3.63, 3.8) is 0 Å². The lowest BCUT2D eigenvalue weighted by molar-refractivity contribution is -0.116. The number of aryl methyl sites for hydroxylation is 1. The molecule has 1 saturated heterocycles. The number of anilines is 1. The molecule has 7 nitrogen and oxygen atoms in total. The topological polar surface area (TPSA) is 75.1 Å². The van der Waals surface area contributed by atoms with Crippen LogP contribution in [0.1, 0.15) is 41.1 Å². The standard InChI is InChI=1S/C28H28N6OS/c1-20-8-6-10-21(18-20)31-25(35)13-17-34-27(26(32-28(34)36)23-11-3-5-15-30-23)24-12-7-16-33(24)19-22-9-2-4-14-29-22/h2-12,14-16,18,26-27H,13,17,19H2,1H3,(H,31,35)(H,32,36)/t26-,27-/m1/s1. The summed E-state index contributed by atoms with van der Waals surface area (Å²) in [6, 6.07) is 23.5. The molecule has 2 N–H and O–H groups in total. The Labute approximate surface area is 216 Å². The molecule has 0 radical (unpaired) electrons. The van der Waals surface area contributed by atoms with Crippen molar-refractivity contribution >= 4 is 28.9 Å². The van der Waals surface area contributed by atoms with Crippen LogP contribution in [0.15, 0.2) is 91.4 Å². The zero-order valence-electron chi connectivity index (χ0n) is 20.0. The monoisotopic (exact) mass is 496 g/mol. The molecule has 1 fully saturated rings. The van der Waals surface area contributed by atoms with Crippen LogP contribution in [0.5, 0.6) is 0 Å². The number of carbonyl (C=O) groups excluding carboxylic acids is 1. The van der Waals surface area contributed by atoms with E-state index >= 15 is 0 Å². The van der Waals surface area contributed by atoms with Gasteiger partial charge in [-0.2, -0.15) is 0 Å². The van der Waals surface area contributed by atoms with Gasteiger partial charge in [-0.25, -0.2) is 0 Å². The van der Waals surface area contributed by atoms with Gasteiger partial charge in [-0.05, 0) is 73.2 Å². The van der Waals surface area contributed by atoms with Gasteiger partial charge in [0.25, 0.3) is 0 Å². The van der Waals surface area contributed by atoms with Gasteiger partial charge < -0.3 is 20.1 Å². The first-order chi connectivity index (χ1) is 17.6. The van der Waals surface area contributed by atoms with Gasteiger partial charge >= 0.3 is 0 Å². The number of rotatable bonds is 8. The zero-order valence-corrected chi connectivity index (χ0v) is 20.9. The molecule has 2 atom stereocenters. The summed E-state index contributed by atoms with van der Waals surface area (Å²) in [5.41, 5.74) is 4.87. The van der Waals surface area contributed by atoms with Gasteiger partial charge in [-0.1, -0.05) is 24.3 Å². The lowest BCUT2D eigenvalue weighted by atomic mass is 10.0. The molecule has 0 bridgehead atoms. The number of benzene rings is 1. The molecular weight excluding hydrogens is 468 g/mol. The van der Waals surface area contributed by atoms with E-state index in [1.807, 2.05) is 73.7 Å². The largest absolute Gasteiger partial charge is 0.352 e. The van der Waals surface area contributed by atoms with E-state index in [4.69, 9.17) is 12.2 Å². The minimum atomic E-state index is -0.143. The Morgan fingerprint density at radius 3 is 2.61 bits per heavy atom. The van der Waals surface area contributed by atoms with Gasteiger partial charge in [0.05, 0.1) is 30.0 Å². The number of hydrogen-bond donors (Lipinski definition) is 2. The normalized spacial score (nSPS) is 17.1. The molecule has 8 heteroatoms. The summed E-state index contributed by atoms with van der Waals surface area (Å²) >= 11 is 5.77. The smallest absolute Gasteiger partial charge is 0.226 e. The molecule has 4 heterocycles. The van der Waals surface area contributed by atoms with Crippen LogP contribution in [0.2, 0.25) is 0 Å². The van der Waals surface area contributed by atoms with Crippen LogP contribution >= 0.6 is 12.2 Å². The Bertz CT molecular complexity index is 1340. The van der Waals surface area contributed by atoms with E-state index in [9.17, 15) is 4.79 Å². The van der Waals surface area contributed by atoms with E-state index in [1.165, 1.54) is 0 Å². The van der Waals surface area contributed by atoms with Crippen molar-refractivity contribution in [1.82, 2.24) is 24.8 Å². The van der Waals surface area contributed by atoms with Crippen LogP contribution in [-0.2, 0) is 11.3 Å². The second-order valence-corrected chi connectivity index (χ2v) is 9.26. The first kappa shape index (κ1) is 23.7. The minimum Gasteiger partial charge on any atom is -0.352 e. The van der Waals surface area contributed by atoms with Gasteiger partial charge in [-0.3, -0.25) is 14.8 Å². The zero-order chi connectivity index (χ0) is 24.9. The number of nitrogens with one attached hydrogen (secondary N) is 2. The predicted molar refractivity (Wildman–Crippen MR) is 144 cm³/mol. The third kappa shape index (κ3) is 5.28. The van der Waals surface area contributed by atoms with Gasteiger partial charge in [0.15, 0.2) is 5.11 Å². The fraction of sp³-hybridized carbons (Fsp3) is 0.214. The Kier molecular flexibility index (Phi) is 7.04. The second kappa shape index (κ2) is 10.7. The molecule has 0 saturated carbocycles. The first-order valence-electron chi connectivity index (χ1n) is 12.0. The number of nitrogens with zero attached hydrogens (tertiary/aromatic N) is 4. The maximum atomic E-state index is 12.8. The molecule has 5 rings (SSSR count). The van der Waals surface area contributed by atoms with Gasteiger partial charge in [0.2, 0.25) is 5.91 Å². The average molecular weight is 497 g/mol. The Morgan fingerprint density at radius 1 is 1.03 bits per heavy atom. The van der Waals surface area contributed by atoms with Crippen molar-refractivity contribution in [3.8, 4) is 0 Å². The van der Waals surface area contributed by atoms with Crippen LogP contribution in [0.4, 0.5) is 5.69 Å². The van der Waals surface area contributed by atoms with E-state index in [2.05, 4.69) is 42.3 Å². The van der Waals surface area contributed by atoms with Crippen LogP contribution in [0.3, 0.4) is 0 Å². The number of amides is 1. The summed E-state index contributed by atoms with van der Waals surface area (Å²) in [5.74, 6) is -0.0488. The van der Waals surface area contributed by atoms with Crippen molar-refractivity contribution in [3.05, 3.63) is 114 Å². The number of pyridine rings is 2. The summed E-state index contributed by atoms with van der Waals surface area (Å²) in [6.07, 6.45) is 5.97. The van der Waals surface area contributed by atoms with E-state index in [0.29, 0.717) is 24.6 Å². The molecule has 4 aromatic rings. The lowest BCUT2D eigenvalue weighted by Gasteiger charge is -2.28. The molecule has 0 unspecified atom stereocenters. The fourth-order valence-corrected chi connectivity index (χ4v) is 4.97. The Balaban J connectivity index is 1.40. The summed E-state index contributed by atoms with van der Waals surface area (Å²) in [7, 11) is 0. The molecule has 182 valence electrons. The lowest BCUT2D eigenvalue weighted by Crippen LogP contribution is -2.33. The minimum absolute atomic E-state index is 0.0488. The highest BCUT2D eigenvalue weighted by molar-refractivity contribution is 7.80. The summed E-state index contributed by atoms with van der Waals surface area (Å²) < 4.78 is 2.19. The number of thiocarbonyl (C=S) groups is 1. The maximum absolute atomic E-state index is 12.8. The molecule has 1 aliphatic rings. The molecule has 36 heavy (non-hydrogen) atoms. The molecule has 1 amide bonds. The first-order valence-corrected chi connectivity index (χ1v) is 12.4. The van der Waals surface area contributed by atoms with Crippen LogP contribution in [0, 0.1) is 6.92 Å². The average Bonchev–Trinajstić information content (AvgIpc) is 3.47. The van der Waals surface area contributed by atoms with Gasteiger partial charge in [0.1, 0.15) is 0 Å². The quantitative estimate of drug-likeness (QED) is 0.346. The van der Waals surface area contributed by atoms with Crippen molar-refractivity contribution < 1.29 is 4.79 Å². The van der Waals surface area contributed by atoms with Crippen molar-refractivity contribution in [1.29, 1.82) is 0 Å². The molecule has 0 spiro atoms. The SMILES string of the molecule is Cc1cccc(NC(=O)CCN2C(=S)N[C@H](c3ccccn3)[C@H]2c2cccn2Cc2ccccn2)c1. The molecule has 1 aromatic carbocycles. The number of aromatic nitrogens is 3. The number of carbonyl (C=O) groups is 1. The summed E-state index contributed by atoms with van der Waals surface area (Å²) in [6.45, 7) is 3.13. The third-order valence-corrected chi connectivity index (χ3v) is 6.66. The van der Waals surface area contributed by atoms with Crippen molar-refractivity contribution in [2.75, 3.05) is 11.9 Å². The third-order valence-electron chi connectivity index (χ3n) is 6.31. The van der Waals surface area contributed by atoms with Gasteiger partial charge in [-0.15, -0.1) is 0 Å². The van der Waals surface area contributed by atoms with Crippen LogP contribution in [0.25, 0.3) is 0 Å². The fourth-order valence-electron chi connectivity index (χ4n) is 4.64. The van der Waals surface area contributed by atoms with E-state index in [1.54, 1.807) is 12.4 Å². The van der Waals surface area contributed by atoms with Crippen molar-refractivity contribution in [2.45, 2.75) is 32.0 Å². The summed E-state index contributed by atoms with van der Waals surface area (Å²) in [4.78, 5) is 24.0. The number of hydrogen-bond acceptors (Lipinski definition) is 4. The van der Waals surface area contributed by atoms with Gasteiger partial charge in [0, 0.05) is 42.9 Å². The Morgan fingerprint density at radius 2 is 1.86 bits per heavy atom. The predicted octanol–water partition coefficient (Wildman–Crippen LogP) is 4.64. The van der Waals surface area contributed by atoms with E-state index < -0.39 is 0 Å². The molecule has 0 aliphatic carbocycles. The highest BCUT2D eigenvalue weighted by Crippen LogP contribution is 2.39. The molecular formula is C28H28N6OS. The Hall–Kier alpha value is -4.04.